The molecule has 6 nitrogen and oxygen atoms in total. The van der Waals surface area contributed by atoms with E-state index in [0.717, 1.165) is 69.6 Å². The van der Waals surface area contributed by atoms with Crippen LogP contribution < -0.4 is 0 Å². The molecule has 55 heavy (non-hydrogen) atoms. The zero-order valence-corrected chi connectivity index (χ0v) is 37.6. The van der Waals surface area contributed by atoms with Crippen LogP contribution in [0.1, 0.15) is 266 Å². The molecule has 0 spiro atoms. The topological polar surface area (TPSA) is 78.9 Å². The molecular weight excluding hydrogens is 685 g/mol. The molecule has 1 atom stereocenters. The average molecular weight is 779 g/mol. The second kappa shape index (κ2) is 42.0. The SMILES string of the molecule is CCCCCCCCCC(=O)OC[C@H](COC(=O)CCCCCCCCCCCCCCCCCC(C)C)OC(=O)CCCCCCCCCCCC(C)C. The van der Waals surface area contributed by atoms with Gasteiger partial charge in [-0.1, -0.05) is 227 Å². The smallest absolute Gasteiger partial charge is 0.306 e. The number of unbranched alkanes of at least 4 members (excludes halogenated alkanes) is 28. The summed E-state index contributed by atoms with van der Waals surface area (Å²) in [6.07, 6.45) is 41.0. The Hall–Kier alpha value is -1.59. The summed E-state index contributed by atoms with van der Waals surface area (Å²) in [4.78, 5) is 37.7. The van der Waals surface area contributed by atoms with Crippen molar-refractivity contribution >= 4 is 17.9 Å². The van der Waals surface area contributed by atoms with Crippen molar-refractivity contribution in [2.75, 3.05) is 13.2 Å². The molecule has 0 radical (unpaired) electrons. The molecule has 0 heterocycles. The van der Waals surface area contributed by atoms with Gasteiger partial charge in [0.05, 0.1) is 0 Å². The van der Waals surface area contributed by atoms with E-state index in [-0.39, 0.29) is 31.1 Å². The van der Waals surface area contributed by atoms with Crippen molar-refractivity contribution in [1.82, 2.24) is 0 Å². The fourth-order valence-electron chi connectivity index (χ4n) is 7.28. The third-order valence-electron chi connectivity index (χ3n) is 11.0. The molecule has 0 rings (SSSR count). The molecule has 0 aliphatic heterocycles. The Labute approximate surface area is 342 Å². The summed E-state index contributed by atoms with van der Waals surface area (Å²) < 4.78 is 16.7. The number of ether oxygens (including phenoxy) is 3. The van der Waals surface area contributed by atoms with Gasteiger partial charge in [0.1, 0.15) is 13.2 Å². The lowest BCUT2D eigenvalue weighted by Gasteiger charge is -2.18. The highest BCUT2D eigenvalue weighted by atomic mass is 16.6. The normalized spacial score (nSPS) is 12.1. The van der Waals surface area contributed by atoms with Gasteiger partial charge >= 0.3 is 17.9 Å². The van der Waals surface area contributed by atoms with E-state index in [9.17, 15) is 14.4 Å². The number of rotatable bonds is 43. The molecular formula is C49H94O6. The zero-order valence-electron chi connectivity index (χ0n) is 37.6. The van der Waals surface area contributed by atoms with E-state index < -0.39 is 6.10 Å². The molecule has 0 N–H and O–H groups in total. The lowest BCUT2D eigenvalue weighted by Crippen LogP contribution is -2.30. The molecule has 0 aromatic carbocycles. The van der Waals surface area contributed by atoms with E-state index in [1.165, 1.54) is 154 Å². The Bertz CT molecular complexity index is 839. The largest absolute Gasteiger partial charge is 0.462 e. The number of hydrogen-bond donors (Lipinski definition) is 0. The predicted octanol–water partition coefficient (Wildman–Crippen LogP) is 15.4. The highest BCUT2D eigenvalue weighted by molar-refractivity contribution is 5.71. The summed E-state index contributed by atoms with van der Waals surface area (Å²) in [5, 5.41) is 0. The first kappa shape index (κ1) is 53.4. The van der Waals surface area contributed by atoms with E-state index >= 15 is 0 Å². The van der Waals surface area contributed by atoms with Crippen LogP contribution in [0.2, 0.25) is 0 Å². The minimum Gasteiger partial charge on any atom is -0.462 e. The molecule has 0 saturated carbocycles. The van der Waals surface area contributed by atoms with E-state index in [0.29, 0.717) is 19.3 Å². The molecule has 0 amide bonds. The molecule has 0 aliphatic carbocycles. The maximum atomic E-state index is 12.7. The lowest BCUT2D eigenvalue weighted by atomic mass is 10.0. The number of hydrogen-bond acceptors (Lipinski definition) is 6. The molecule has 0 aromatic rings. The summed E-state index contributed by atoms with van der Waals surface area (Å²) in [7, 11) is 0. The van der Waals surface area contributed by atoms with Crippen molar-refractivity contribution < 1.29 is 28.6 Å². The van der Waals surface area contributed by atoms with Crippen LogP contribution in [0.15, 0.2) is 0 Å². The van der Waals surface area contributed by atoms with Gasteiger partial charge in [-0.05, 0) is 31.1 Å². The van der Waals surface area contributed by atoms with Crippen LogP contribution >= 0.6 is 0 Å². The Morgan fingerprint density at radius 2 is 0.600 bits per heavy atom. The van der Waals surface area contributed by atoms with Gasteiger partial charge in [0.25, 0.3) is 0 Å². The summed E-state index contributed by atoms with van der Waals surface area (Å²) in [5.74, 6) is 0.795. The highest BCUT2D eigenvalue weighted by Gasteiger charge is 2.19. The van der Waals surface area contributed by atoms with Gasteiger partial charge in [0, 0.05) is 19.3 Å². The van der Waals surface area contributed by atoms with E-state index in [1.807, 2.05) is 0 Å². The van der Waals surface area contributed by atoms with Crippen molar-refractivity contribution in [2.24, 2.45) is 11.8 Å². The number of carbonyl (C=O) groups is 3. The van der Waals surface area contributed by atoms with Gasteiger partial charge < -0.3 is 14.2 Å². The van der Waals surface area contributed by atoms with Crippen LogP contribution in [0.5, 0.6) is 0 Å². The van der Waals surface area contributed by atoms with Crippen molar-refractivity contribution in [3.05, 3.63) is 0 Å². The highest BCUT2D eigenvalue weighted by Crippen LogP contribution is 2.17. The van der Waals surface area contributed by atoms with Crippen LogP contribution in [0.3, 0.4) is 0 Å². The van der Waals surface area contributed by atoms with Crippen molar-refractivity contribution in [3.63, 3.8) is 0 Å². The molecule has 0 aliphatic rings. The summed E-state index contributed by atoms with van der Waals surface area (Å²) >= 11 is 0. The van der Waals surface area contributed by atoms with Crippen molar-refractivity contribution in [1.29, 1.82) is 0 Å². The van der Waals surface area contributed by atoms with Gasteiger partial charge in [-0.3, -0.25) is 14.4 Å². The Morgan fingerprint density at radius 3 is 0.891 bits per heavy atom. The monoisotopic (exact) mass is 779 g/mol. The minimum atomic E-state index is -0.760. The Morgan fingerprint density at radius 1 is 0.345 bits per heavy atom. The average Bonchev–Trinajstić information content (AvgIpc) is 3.15. The fourth-order valence-corrected chi connectivity index (χ4v) is 7.28. The van der Waals surface area contributed by atoms with Crippen LogP contribution in [0.4, 0.5) is 0 Å². The standard InChI is InChI=1S/C49H94O6/c1-6-7-8-9-22-29-34-39-47(50)53-42-46(55-49(52)41-36-31-26-21-17-19-24-28-33-38-45(4)5)43-54-48(51)40-35-30-25-20-16-14-12-10-11-13-15-18-23-27-32-37-44(2)3/h44-46H,6-43H2,1-5H3/t46-/m1/s1. The maximum absolute atomic E-state index is 12.7. The van der Waals surface area contributed by atoms with Crippen LogP contribution in [-0.2, 0) is 28.6 Å². The maximum Gasteiger partial charge on any atom is 0.306 e. The number of esters is 3. The quantitative estimate of drug-likeness (QED) is 0.0348. The fraction of sp³-hybridized carbons (Fsp3) is 0.939. The zero-order chi connectivity index (χ0) is 40.5. The molecule has 0 saturated heterocycles. The summed E-state index contributed by atoms with van der Waals surface area (Å²) in [6.45, 7) is 11.3. The van der Waals surface area contributed by atoms with Crippen LogP contribution in [-0.4, -0.2) is 37.2 Å². The molecule has 0 aromatic heterocycles. The van der Waals surface area contributed by atoms with Gasteiger partial charge in [-0.2, -0.15) is 0 Å². The molecule has 0 unspecified atom stereocenters. The van der Waals surface area contributed by atoms with Gasteiger partial charge in [0.15, 0.2) is 6.10 Å². The minimum absolute atomic E-state index is 0.0647. The van der Waals surface area contributed by atoms with Gasteiger partial charge in [0.2, 0.25) is 0 Å². The number of carbonyl (C=O) groups excluding carboxylic acids is 3. The third-order valence-corrected chi connectivity index (χ3v) is 11.0. The summed E-state index contributed by atoms with van der Waals surface area (Å²) in [5.41, 5.74) is 0. The van der Waals surface area contributed by atoms with E-state index in [1.54, 1.807) is 0 Å². The second-order valence-electron chi connectivity index (χ2n) is 17.7. The van der Waals surface area contributed by atoms with Crippen molar-refractivity contribution in [3.8, 4) is 0 Å². The predicted molar refractivity (Wildman–Crippen MR) is 233 cm³/mol. The second-order valence-corrected chi connectivity index (χ2v) is 17.7. The molecule has 0 bridgehead atoms. The summed E-state index contributed by atoms with van der Waals surface area (Å²) in [6, 6.07) is 0. The molecule has 0 fully saturated rings. The van der Waals surface area contributed by atoms with Gasteiger partial charge in [-0.15, -0.1) is 0 Å². The Kier molecular flexibility index (Phi) is 40.8. The van der Waals surface area contributed by atoms with Gasteiger partial charge in [-0.25, -0.2) is 0 Å². The van der Waals surface area contributed by atoms with Crippen molar-refractivity contribution in [2.45, 2.75) is 272 Å². The molecule has 326 valence electrons. The first-order valence-electron chi connectivity index (χ1n) is 24.2. The first-order chi connectivity index (χ1) is 26.7. The van der Waals surface area contributed by atoms with E-state index in [4.69, 9.17) is 14.2 Å². The molecule has 6 heteroatoms. The van der Waals surface area contributed by atoms with Crippen LogP contribution in [0.25, 0.3) is 0 Å². The third kappa shape index (κ3) is 43.4. The van der Waals surface area contributed by atoms with E-state index in [2.05, 4.69) is 34.6 Å². The first-order valence-corrected chi connectivity index (χ1v) is 24.2. The Balaban J connectivity index is 4.19. The van der Waals surface area contributed by atoms with Crippen LogP contribution in [0, 0.1) is 11.8 Å². The lowest BCUT2D eigenvalue weighted by molar-refractivity contribution is -0.167.